The third-order valence-electron chi connectivity index (χ3n) is 3.83. The van der Waals surface area contributed by atoms with E-state index in [9.17, 15) is 13.2 Å². The van der Waals surface area contributed by atoms with Crippen molar-refractivity contribution in [2.24, 2.45) is 0 Å². The summed E-state index contributed by atoms with van der Waals surface area (Å²) in [5.74, 6) is -0.585. The number of nitrogens with zero attached hydrogens (tertiary/aromatic N) is 3. The number of carbonyl (C=O) groups excluding carboxylic acids is 1. The van der Waals surface area contributed by atoms with E-state index in [1.165, 1.54) is 29.5 Å². The standard InChI is InChI=1S/C18H16Cl2N4O3S2/c1-11-3-5-12(6-4-11)17-22-23-18(28-17)21-16(25)10-24(29(2,26)27)15-9-13(19)7-8-14(15)20/h3-9H,10H2,1-2H3,(H,21,23,25). The largest absolute Gasteiger partial charge is 0.299 e. The first-order chi connectivity index (χ1) is 13.6. The predicted molar refractivity (Wildman–Crippen MR) is 117 cm³/mol. The maximum absolute atomic E-state index is 12.5. The fraction of sp³-hybridized carbons (Fsp3) is 0.167. The van der Waals surface area contributed by atoms with E-state index in [0.717, 1.165) is 21.7 Å². The summed E-state index contributed by atoms with van der Waals surface area (Å²) in [6.07, 6.45) is 0.984. The molecule has 0 aliphatic heterocycles. The lowest BCUT2D eigenvalue weighted by molar-refractivity contribution is -0.114. The minimum atomic E-state index is -3.79. The van der Waals surface area contributed by atoms with Gasteiger partial charge in [-0.15, -0.1) is 10.2 Å². The van der Waals surface area contributed by atoms with Crippen molar-refractivity contribution < 1.29 is 13.2 Å². The van der Waals surface area contributed by atoms with E-state index >= 15 is 0 Å². The summed E-state index contributed by atoms with van der Waals surface area (Å²) >= 11 is 13.2. The molecule has 0 bridgehead atoms. The van der Waals surface area contributed by atoms with Gasteiger partial charge in [-0.05, 0) is 25.1 Å². The maximum Gasteiger partial charge on any atom is 0.246 e. The topological polar surface area (TPSA) is 92.3 Å². The molecular formula is C18H16Cl2N4O3S2. The molecule has 1 heterocycles. The number of aryl methyl sites for hydroxylation is 1. The molecule has 1 aromatic heterocycles. The number of benzene rings is 2. The molecule has 1 amide bonds. The Labute approximate surface area is 182 Å². The number of carbonyl (C=O) groups is 1. The second kappa shape index (κ2) is 8.66. The first-order valence-corrected chi connectivity index (χ1v) is 11.7. The van der Waals surface area contributed by atoms with Crippen LogP contribution in [0.2, 0.25) is 10.0 Å². The molecule has 0 unspecified atom stereocenters. The Kier molecular flexibility index (Phi) is 6.42. The summed E-state index contributed by atoms with van der Waals surface area (Å²) in [6, 6.07) is 12.1. The zero-order valence-electron chi connectivity index (χ0n) is 15.4. The summed E-state index contributed by atoms with van der Waals surface area (Å²) in [4.78, 5) is 12.5. The number of nitrogens with one attached hydrogen (secondary N) is 1. The SMILES string of the molecule is Cc1ccc(-c2nnc(NC(=O)CN(c3cc(Cl)ccc3Cl)S(C)(=O)=O)s2)cc1. The number of anilines is 2. The molecule has 3 rings (SSSR count). The summed E-state index contributed by atoms with van der Waals surface area (Å²) in [5, 5.41) is 11.9. The van der Waals surface area contributed by atoms with Gasteiger partial charge in [0.05, 0.1) is 17.0 Å². The van der Waals surface area contributed by atoms with Crippen molar-refractivity contribution in [3.05, 3.63) is 58.1 Å². The lowest BCUT2D eigenvalue weighted by Gasteiger charge is -2.22. The van der Waals surface area contributed by atoms with Gasteiger partial charge in [0.15, 0.2) is 0 Å². The number of hydrogen-bond donors (Lipinski definition) is 1. The Hall–Kier alpha value is -2.20. The molecule has 0 atom stereocenters. The highest BCUT2D eigenvalue weighted by molar-refractivity contribution is 7.92. The van der Waals surface area contributed by atoms with Gasteiger partial charge in [0, 0.05) is 10.6 Å². The summed E-state index contributed by atoms with van der Waals surface area (Å²) in [5.41, 5.74) is 2.11. The second-order valence-corrected chi connectivity index (χ2v) is 9.92. The average Bonchev–Trinajstić information content (AvgIpc) is 3.10. The van der Waals surface area contributed by atoms with Crippen molar-refractivity contribution in [3.8, 4) is 10.6 Å². The van der Waals surface area contributed by atoms with Gasteiger partial charge < -0.3 is 0 Å². The van der Waals surface area contributed by atoms with Crippen LogP contribution in [0.25, 0.3) is 10.6 Å². The summed E-state index contributed by atoms with van der Waals surface area (Å²) in [7, 11) is -3.79. The van der Waals surface area contributed by atoms with Gasteiger partial charge in [0.1, 0.15) is 11.6 Å². The van der Waals surface area contributed by atoms with Crippen molar-refractivity contribution in [2.75, 3.05) is 22.4 Å². The highest BCUT2D eigenvalue weighted by Crippen LogP contribution is 2.31. The van der Waals surface area contributed by atoms with Crippen LogP contribution < -0.4 is 9.62 Å². The Morgan fingerprint density at radius 1 is 1.14 bits per heavy atom. The van der Waals surface area contributed by atoms with E-state index in [-0.39, 0.29) is 15.8 Å². The highest BCUT2D eigenvalue weighted by Gasteiger charge is 2.24. The van der Waals surface area contributed by atoms with Crippen molar-refractivity contribution in [1.29, 1.82) is 0 Å². The van der Waals surface area contributed by atoms with Crippen LogP contribution in [-0.2, 0) is 14.8 Å². The molecule has 0 aliphatic rings. The molecule has 29 heavy (non-hydrogen) atoms. The van der Waals surface area contributed by atoms with Gasteiger partial charge in [0.25, 0.3) is 0 Å². The first-order valence-electron chi connectivity index (χ1n) is 8.26. The van der Waals surface area contributed by atoms with Crippen LogP contribution in [0.4, 0.5) is 10.8 Å². The fourth-order valence-corrected chi connectivity index (χ4v) is 4.50. The second-order valence-electron chi connectivity index (χ2n) is 6.19. The number of hydrogen-bond acceptors (Lipinski definition) is 6. The Balaban J connectivity index is 1.78. The van der Waals surface area contributed by atoms with Gasteiger partial charge in [-0.25, -0.2) is 8.42 Å². The Morgan fingerprint density at radius 3 is 2.48 bits per heavy atom. The smallest absolute Gasteiger partial charge is 0.246 e. The molecule has 3 aromatic rings. The molecule has 0 aliphatic carbocycles. The van der Waals surface area contributed by atoms with E-state index in [4.69, 9.17) is 23.2 Å². The quantitative estimate of drug-likeness (QED) is 0.581. The molecular weight excluding hydrogens is 455 g/mol. The van der Waals surface area contributed by atoms with Crippen LogP contribution in [0.1, 0.15) is 5.56 Å². The van der Waals surface area contributed by atoms with Crippen LogP contribution in [0.15, 0.2) is 42.5 Å². The molecule has 0 radical (unpaired) electrons. The van der Waals surface area contributed by atoms with Crippen molar-refractivity contribution in [3.63, 3.8) is 0 Å². The Bertz CT molecular complexity index is 1150. The molecule has 0 spiro atoms. The van der Waals surface area contributed by atoms with Crippen LogP contribution in [0, 0.1) is 6.92 Å². The third kappa shape index (κ3) is 5.45. The van der Waals surface area contributed by atoms with Crippen LogP contribution in [0.5, 0.6) is 0 Å². The monoisotopic (exact) mass is 470 g/mol. The molecule has 1 N–H and O–H groups in total. The van der Waals surface area contributed by atoms with Gasteiger partial charge in [0.2, 0.25) is 21.1 Å². The first kappa shape index (κ1) is 21.5. The zero-order chi connectivity index (χ0) is 21.2. The minimum Gasteiger partial charge on any atom is -0.299 e. The van der Waals surface area contributed by atoms with E-state index < -0.39 is 22.5 Å². The molecule has 152 valence electrons. The van der Waals surface area contributed by atoms with Crippen LogP contribution in [0.3, 0.4) is 0 Å². The molecule has 2 aromatic carbocycles. The fourth-order valence-electron chi connectivity index (χ4n) is 2.43. The Morgan fingerprint density at radius 2 is 1.83 bits per heavy atom. The van der Waals surface area contributed by atoms with E-state index in [1.807, 2.05) is 31.2 Å². The van der Waals surface area contributed by atoms with Gasteiger partial charge in [-0.3, -0.25) is 14.4 Å². The lowest BCUT2D eigenvalue weighted by atomic mass is 10.2. The van der Waals surface area contributed by atoms with Crippen molar-refractivity contribution in [2.45, 2.75) is 6.92 Å². The van der Waals surface area contributed by atoms with Crippen molar-refractivity contribution in [1.82, 2.24) is 10.2 Å². The number of sulfonamides is 1. The number of amides is 1. The molecule has 7 nitrogen and oxygen atoms in total. The normalized spacial score (nSPS) is 11.3. The van der Waals surface area contributed by atoms with Crippen LogP contribution >= 0.6 is 34.5 Å². The van der Waals surface area contributed by atoms with E-state index in [0.29, 0.717) is 10.0 Å². The van der Waals surface area contributed by atoms with E-state index in [2.05, 4.69) is 15.5 Å². The van der Waals surface area contributed by atoms with E-state index in [1.54, 1.807) is 0 Å². The predicted octanol–water partition coefficient (Wildman–Crippen LogP) is 4.23. The van der Waals surface area contributed by atoms with Gasteiger partial charge in [-0.2, -0.15) is 0 Å². The lowest BCUT2D eigenvalue weighted by Crippen LogP contribution is -2.37. The van der Waals surface area contributed by atoms with Gasteiger partial charge >= 0.3 is 0 Å². The highest BCUT2D eigenvalue weighted by atomic mass is 35.5. The third-order valence-corrected chi connectivity index (χ3v) is 6.40. The molecule has 0 saturated carbocycles. The maximum atomic E-state index is 12.5. The number of aromatic nitrogens is 2. The molecule has 0 fully saturated rings. The molecule has 0 saturated heterocycles. The summed E-state index contributed by atoms with van der Waals surface area (Å²) < 4.78 is 25.3. The minimum absolute atomic E-state index is 0.120. The van der Waals surface area contributed by atoms with Gasteiger partial charge in [-0.1, -0.05) is 64.4 Å². The zero-order valence-corrected chi connectivity index (χ0v) is 18.5. The van der Waals surface area contributed by atoms with Crippen LogP contribution in [-0.4, -0.2) is 37.3 Å². The number of rotatable bonds is 6. The van der Waals surface area contributed by atoms with Crippen molar-refractivity contribution >= 4 is 61.3 Å². The molecule has 11 heteroatoms. The average molecular weight is 471 g/mol. The summed E-state index contributed by atoms with van der Waals surface area (Å²) in [6.45, 7) is 1.49. The number of halogens is 2.